The van der Waals surface area contributed by atoms with Crippen molar-refractivity contribution in [2.45, 2.75) is 0 Å². The first-order valence-corrected chi connectivity index (χ1v) is 28.2. The number of nitrogens with zero attached hydrogens (tertiary/aromatic N) is 21. The van der Waals surface area contributed by atoms with Crippen molar-refractivity contribution in [3.05, 3.63) is 208 Å². The van der Waals surface area contributed by atoms with Crippen LogP contribution >= 0.6 is 25.3 Å². The first kappa shape index (κ1) is 61.6. The molecular formula is C48H48N21O12P3. The maximum atomic E-state index is 8.80. The Kier molecular flexibility index (Phi) is 25.6. The van der Waals surface area contributed by atoms with Crippen LogP contribution in [0.4, 0.5) is 0 Å². The lowest BCUT2D eigenvalue weighted by Crippen LogP contribution is -2.44. The number of benzene rings is 6. The maximum Gasteiger partial charge on any atom is 0.336 e. The standard InChI is InChI=1S/C48H48N21O12P3/c49-61-55-25-31-70-37-1-13-43(14-2-37)76-67-82(79-46-19-7-40(8-20-46)73-34-28-58-64-52)68(77-44-15-3-38(4-16-44)71-32-26-56-62-50)84(81-48-23-11-42(12-24-48)75-36-30-60-66-54)69(78-45-17-5-39(6-18-45)72-33-27-57-63-51)83(67)80-47-21-9-41(10-22-47)74-35-29-59-65-53/h1-24H,25-36H2. The molecule has 1 saturated heterocycles. The SMILES string of the molecule is [N-]=[N+]=NCCOc1ccc(ON2P(Oc3ccc(OCCN=[N+]=[N-])cc3)N(Oc3ccc(OCCN=[N+]=[N-])cc3)P(Oc3ccc(OCCN=[N+]=[N-])cc3)N(Oc3ccc(OCCN=[N+]=[N-])cc3)P2Oc2ccc(OCCN=[N+]=[N-])cc2)cc1. The van der Waals surface area contributed by atoms with Gasteiger partial charge in [-0.25, -0.2) is 0 Å². The predicted octanol–water partition coefficient (Wildman–Crippen LogP) is 14.9. The first-order valence-electron chi connectivity index (χ1n) is 24.7. The quantitative estimate of drug-likeness (QED) is 0.0116. The average Bonchev–Trinajstić information content (AvgIpc) is 1.44. The molecule has 36 heteroatoms. The molecule has 0 bridgehead atoms. The van der Waals surface area contributed by atoms with E-state index in [0.717, 1.165) is 0 Å². The Morgan fingerprint density at radius 3 is 0.571 bits per heavy atom. The van der Waals surface area contributed by atoms with E-state index in [9.17, 15) is 0 Å². The Bertz CT molecular complexity index is 2720. The van der Waals surface area contributed by atoms with E-state index in [0.29, 0.717) is 34.5 Å². The van der Waals surface area contributed by atoms with Crippen LogP contribution in [0.3, 0.4) is 0 Å². The zero-order valence-electron chi connectivity index (χ0n) is 44.0. The normalized spacial score (nSPS) is 14.5. The zero-order valence-corrected chi connectivity index (χ0v) is 46.7. The third kappa shape index (κ3) is 20.2. The van der Waals surface area contributed by atoms with Gasteiger partial charge in [0.05, 0.1) is 78.9 Å². The number of rotatable bonds is 36. The van der Waals surface area contributed by atoms with E-state index < -0.39 is 25.3 Å². The molecular weight excluding hydrogens is 1160 g/mol. The van der Waals surface area contributed by atoms with Crippen molar-refractivity contribution in [2.24, 2.45) is 30.7 Å². The highest BCUT2D eigenvalue weighted by Gasteiger charge is 2.60. The van der Waals surface area contributed by atoms with Gasteiger partial charge in [0, 0.05) is 43.3 Å². The summed E-state index contributed by atoms with van der Waals surface area (Å²) in [4.78, 5) is 37.5. The molecule has 432 valence electrons. The Labute approximate surface area is 480 Å². The molecule has 0 saturated carbocycles. The molecule has 6 aromatic carbocycles. The fraction of sp³-hybridized carbons (Fsp3) is 0.250. The van der Waals surface area contributed by atoms with E-state index in [1.54, 1.807) is 146 Å². The van der Waals surface area contributed by atoms with E-state index in [2.05, 4.69) is 60.2 Å². The highest BCUT2D eigenvalue weighted by atomic mass is 31.3. The highest BCUT2D eigenvalue weighted by molar-refractivity contribution is 7.78. The van der Waals surface area contributed by atoms with Gasteiger partial charge >= 0.3 is 25.3 Å². The molecule has 84 heavy (non-hydrogen) atoms. The van der Waals surface area contributed by atoms with Crippen molar-refractivity contribution in [3.8, 4) is 69.0 Å². The van der Waals surface area contributed by atoms with Gasteiger partial charge in [-0.1, -0.05) is 30.7 Å². The van der Waals surface area contributed by atoms with Crippen LogP contribution in [-0.2, 0) is 0 Å². The van der Waals surface area contributed by atoms with E-state index in [1.807, 2.05) is 0 Å². The van der Waals surface area contributed by atoms with Gasteiger partial charge in [0.25, 0.3) is 0 Å². The molecule has 0 radical (unpaired) electrons. The minimum Gasteiger partial charge on any atom is -0.493 e. The van der Waals surface area contributed by atoms with Crippen LogP contribution in [0.1, 0.15) is 0 Å². The topological polar surface area (TPSA) is 413 Å². The third-order valence-electron chi connectivity index (χ3n) is 10.1. The fourth-order valence-corrected chi connectivity index (χ4v) is 13.3. The summed E-state index contributed by atoms with van der Waals surface area (Å²) >= 11 is 0. The molecule has 6 aromatic rings. The van der Waals surface area contributed by atoms with Gasteiger partial charge in [-0.2, -0.15) is 0 Å². The third-order valence-corrected chi connectivity index (χ3v) is 16.2. The lowest BCUT2D eigenvalue weighted by molar-refractivity contribution is 0.0102. The number of ether oxygens (including phenoxy) is 6. The molecule has 0 aromatic heterocycles. The number of hydrogen-bond donors (Lipinski definition) is 0. The molecule has 1 aliphatic rings. The van der Waals surface area contributed by atoms with Gasteiger partial charge in [-0.05, 0) is 179 Å². The van der Waals surface area contributed by atoms with Crippen LogP contribution in [0.15, 0.2) is 176 Å². The second-order valence-electron chi connectivity index (χ2n) is 15.7. The molecule has 0 unspecified atom stereocenters. The minimum absolute atomic E-state index is 0.0886. The van der Waals surface area contributed by atoms with Crippen molar-refractivity contribution in [3.63, 3.8) is 0 Å². The maximum absolute atomic E-state index is 8.80. The summed E-state index contributed by atoms with van der Waals surface area (Å²) in [6.07, 6.45) is 0. The summed E-state index contributed by atoms with van der Waals surface area (Å²) in [6.45, 7) is 1.16. The van der Waals surface area contributed by atoms with Crippen LogP contribution < -0.4 is 56.5 Å². The van der Waals surface area contributed by atoms with Gasteiger partial charge in [0.2, 0.25) is 0 Å². The first-order chi connectivity index (χ1) is 41.4. The van der Waals surface area contributed by atoms with Crippen molar-refractivity contribution < 1.29 is 56.5 Å². The van der Waals surface area contributed by atoms with E-state index >= 15 is 0 Å². The molecule has 7 rings (SSSR count). The summed E-state index contributed by atoms with van der Waals surface area (Å²) in [5, 5.41) is 21.3. The van der Waals surface area contributed by atoms with Crippen LogP contribution in [0.25, 0.3) is 62.7 Å². The molecule has 1 fully saturated rings. The van der Waals surface area contributed by atoms with Gasteiger partial charge in [0.15, 0.2) is 0 Å². The Balaban J connectivity index is 1.40. The van der Waals surface area contributed by atoms with Crippen molar-refractivity contribution >= 4 is 25.3 Å². The molecule has 0 spiro atoms. The highest BCUT2D eigenvalue weighted by Crippen LogP contribution is 2.77. The summed E-state index contributed by atoms with van der Waals surface area (Å²) in [6, 6.07) is 39.6. The van der Waals surface area contributed by atoms with Crippen LogP contribution in [-0.4, -0.2) is 92.7 Å². The molecule has 0 amide bonds. The largest absolute Gasteiger partial charge is 0.493 e. The summed E-state index contributed by atoms with van der Waals surface area (Å²) in [5.74, 6) is 4.17. The number of hydrogen-bond acceptors (Lipinski definition) is 21. The van der Waals surface area contributed by atoms with Crippen molar-refractivity contribution in [1.29, 1.82) is 0 Å². The lowest BCUT2D eigenvalue weighted by Gasteiger charge is -2.47. The molecule has 0 N–H and O–H groups in total. The second kappa shape index (κ2) is 34.9. The Morgan fingerprint density at radius 2 is 0.405 bits per heavy atom. The molecule has 1 aliphatic heterocycles. The van der Waals surface area contributed by atoms with Gasteiger partial charge < -0.3 is 56.5 Å². The van der Waals surface area contributed by atoms with Crippen molar-refractivity contribution in [1.82, 2.24) is 13.8 Å². The summed E-state index contributed by atoms with van der Waals surface area (Å²) in [7, 11) is -7.62. The van der Waals surface area contributed by atoms with E-state index in [1.165, 1.54) is 13.8 Å². The lowest BCUT2D eigenvalue weighted by atomic mass is 10.3. The zero-order chi connectivity index (χ0) is 58.8. The Morgan fingerprint density at radius 1 is 0.250 bits per heavy atom. The molecule has 0 atom stereocenters. The van der Waals surface area contributed by atoms with E-state index in [-0.39, 0.29) is 113 Å². The van der Waals surface area contributed by atoms with Crippen LogP contribution in [0.2, 0.25) is 0 Å². The predicted molar refractivity (Wildman–Crippen MR) is 306 cm³/mol. The smallest absolute Gasteiger partial charge is 0.336 e. The van der Waals surface area contributed by atoms with Crippen molar-refractivity contribution in [2.75, 3.05) is 78.9 Å². The average molecular weight is 1200 g/mol. The molecule has 33 nitrogen and oxygen atoms in total. The van der Waals surface area contributed by atoms with E-state index in [4.69, 9.17) is 89.7 Å². The van der Waals surface area contributed by atoms with Crippen LogP contribution in [0, 0.1) is 0 Å². The van der Waals surface area contributed by atoms with Crippen LogP contribution in [0.5, 0.6) is 69.0 Å². The monoisotopic (exact) mass is 1200 g/mol. The molecule has 1 heterocycles. The second-order valence-corrected chi connectivity index (χ2v) is 20.9. The summed E-state index contributed by atoms with van der Waals surface area (Å²) in [5.41, 5.74) is 52.8. The molecule has 0 aliphatic carbocycles. The minimum atomic E-state index is -2.54. The Hall–Kier alpha value is -10.1. The fourth-order valence-electron chi connectivity index (χ4n) is 6.45. The summed E-state index contributed by atoms with van der Waals surface area (Å²) < 4.78 is 60.3. The van der Waals surface area contributed by atoms with Gasteiger partial charge in [0.1, 0.15) is 69.0 Å². The number of azide groups is 6. The van der Waals surface area contributed by atoms with Gasteiger partial charge in [-0.15, -0.1) is 0 Å². The van der Waals surface area contributed by atoms with Gasteiger partial charge in [-0.3, -0.25) is 0 Å².